The van der Waals surface area contributed by atoms with Crippen molar-refractivity contribution in [3.63, 3.8) is 0 Å². The molecule has 1 aromatic carbocycles. The second kappa shape index (κ2) is 5.01. The van der Waals surface area contributed by atoms with Gasteiger partial charge in [-0.05, 0) is 25.1 Å². The van der Waals surface area contributed by atoms with Gasteiger partial charge in [-0.3, -0.25) is 4.98 Å². The highest BCUT2D eigenvalue weighted by atomic mass is 16.5. The van der Waals surface area contributed by atoms with Gasteiger partial charge in [-0.25, -0.2) is 4.79 Å². The van der Waals surface area contributed by atoms with E-state index in [0.717, 1.165) is 5.69 Å². The minimum atomic E-state index is -0.466. The van der Waals surface area contributed by atoms with Crippen LogP contribution < -0.4 is 11.1 Å². The number of anilines is 1. The van der Waals surface area contributed by atoms with E-state index in [9.17, 15) is 4.79 Å². The quantitative estimate of drug-likeness (QED) is 0.772. The molecule has 0 spiro atoms. The Hall–Kier alpha value is -2.57. The molecular weight excluding hydrogens is 284 g/mol. The fraction of sp³-hybridized carbons (Fsp3) is 0.400. The number of nitrogens with zero attached hydrogens (tertiary/aromatic N) is 2. The van der Waals surface area contributed by atoms with Crippen molar-refractivity contribution in [1.29, 1.82) is 0 Å². The molecular formula is C15H18N4O3. The van der Waals surface area contributed by atoms with Crippen molar-refractivity contribution in [2.45, 2.75) is 39.2 Å². The van der Waals surface area contributed by atoms with E-state index in [2.05, 4.69) is 20.4 Å². The maximum Gasteiger partial charge on any atom is 0.417 e. The van der Waals surface area contributed by atoms with E-state index in [-0.39, 0.29) is 11.5 Å². The minimum Gasteiger partial charge on any atom is -0.408 e. The molecule has 0 aliphatic heterocycles. The highest BCUT2D eigenvalue weighted by Crippen LogP contribution is 2.24. The first kappa shape index (κ1) is 14.4. The molecule has 0 saturated heterocycles. The average molecular weight is 302 g/mol. The molecule has 7 heteroatoms. The van der Waals surface area contributed by atoms with Gasteiger partial charge in [0.25, 0.3) is 0 Å². The molecule has 116 valence electrons. The van der Waals surface area contributed by atoms with E-state index < -0.39 is 5.76 Å². The van der Waals surface area contributed by atoms with Gasteiger partial charge in [0.1, 0.15) is 6.04 Å². The third-order valence-corrected chi connectivity index (χ3v) is 3.29. The Labute approximate surface area is 126 Å². The van der Waals surface area contributed by atoms with Crippen molar-refractivity contribution in [2.24, 2.45) is 0 Å². The molecule has 0 unspecified atom stereocenters. The molecule has 3 rings (SSSR count). The molecule has 0 bridgehead atoms. The Morgan fingerprint density at radius 1 is 1.32 bits per heavy atom. The topological polar surface area (TPSA) is 97.0 Å². The molecule has 3 aromatic rings. The second-order valence-electron chi connectivity index (χ2n) is 6.30. The van der Waals surface area contributed by atoms with Crippen LogP contribution in [-0.2, 0) is 5.41 Å². The summed E-state index contributed by atoms with van der Waals surface area (Å²) < 4.78 is 10.3. The van der Waals surface area contributed by atoms with Crippen LogP contribution in [0, 0.1) is 0 Å². The van der Waals surface area contributed by atoms with Crippen LogP contribution in [0.1, 0.15) is 45.5 Å². The molecule has 7 nitrogen and oxygen atoms in total. The van der Waals surface area contributed by atoms with Crippen molar-refractivity contribution >= 4 is 16.8 Å². The first-order chi connectivity index (χ1) is 10.3. The van der Waals surface area contributed by atoms with Gasteiger partial charge in [0, 0.05) is 11.1 Å². The summed E-state index contributed by atoms with van der Waals surface area (Å²) in [6, 6.07) is 5.21. The summed E-state index contributed by atoms with van der Waals surface area (Å²) in [5, 5.41) is 7.28. The van der Waals surface area contributed by atoms with Gasteiger partial charge in [0.2, 0.25) is 5.89 Å². The Bertz CT molecular complexity index is 853. The van der Waals surface area contributed by atoms with Crippen LogP contribution in [0.2, 0.25) is 0 Å². The van der Waals surface area contributed by atoms with E-state index in [4.69, 9.17) is 8.94 Å². The fourth-order valence-electron chi connectivity index (χ4n) is 2.07. The molecule has 22 heavy (non-hydrogen) atoms. The summed E-state index contributed by atoms with van der Waals surface area (Å²) in [5.41, 5.74) is 1.84. The van der Waals surface area contributed by atoms with Gasteiger partial charge in [-0.15, -0.1) is 0 Å². The zero-order valence-electron chi connectivity index (χ0n) is 12.9. The van der Waals surface area contributed by atoms with Gasteiger partial charge >= 0.3 is 5.76 Å². The van der Waals surface area contributed by atoms with Crippen LogP contribution in [0.15, 0.2) is 31.9 Å². The van der Waals surface area contributed by atoms with Crippen molar-refractivity contribution in [2.75, 3.05) is 5.32 Å². The Balaban J connectivity index is 1.81. The first-order valence-corrected chi connectivity index (χ1v) is 7.06. The van der Waals surface area contributed by atoms with E-state index in [1.54, 1.807) is 12.1 Å². The molecule has 0 aliphatic rings. The summed E-state index contributed by atoms with van der Waals surface area (Å²) >= 11 is 0. The van der Waals surface area contributed by atoms with Crippen LogP contribution in [0.4, 0.5) is 5.69 Å². The maximum absolute atomic E-state index is 11.2. The number of aromatic amines is 1. The number of hydrogen-bond acceptors (Lipinski definition) is 6. The number of aromatic nitrogens is 3. The molecule has 2 aromatic heterocycles. The summed E-state index contributed by atoms with van der Waals surface area (Å²) in [7, 11) is 0. The number of fused-ring (bicyclic) bond motifs is 1. The summed E-state index contributed by atoms with van der Waals surface area (Å²) in [6.07, 6.45) is 0. The summed E-state index contributed by atoms with van der Waals surface area (Å²) in [4.78, 5) is 18.2. The third-order valence-electron chi connectivity index (χ3n) is 3.29. The fourth-order valence-corrected chi connectivity index (χ4v) is 2.07. The van der Waals surface area contributed by atoms with Crippen molar-refractivity contribution in [3.8, 4) is 0 Å². The van der Waals surface area contributed by atoms with Crippen molar-refractivity contribution in [1.82, 2.24) is 15.1 Å². The van der Waals surface area contributed by atoms with Gasteiger partial charge in [-0.1, -0.05) is 25.9 Å². The van der Waals surface area contributed by atoms with Crippen LogP contribution in [0.25, 0.3) is 11.1 Å². The number of nitrogens with one attached hydrogen (secondary N) is 2. The largest absolute Gasteiger partial charge is 0.417 e. The predicted molar refractivity (Wildman–Crippen MR) is 81.9 cm³/mol. The van der Waals surface area contributed by atoms with Gasteiger partial charge in [0.15, 0.2) is 11.4 Å². The van der Waals surface area contributed by atoms with E-state index in [0.29, 0.717) is 22.8 Å². The molecule has 0 aliphatic carbocycles. The number of rotatable bonds is 3. The smallest absolute Gasteiger partial charge is 0.408 e. The second-order valence-corrected chi connectivity index (χ2v) is 6.30. The molecule has 0 amide bonds. The number of hydrogen-bond donors (Lipinski definition) is 2. The van der Waals surface area contributed by atoms with E-state index in [1.165, 1.54) is 0 Å². The highest BCUT2D eigenvalue weighted by Gasteiger charge is 2.23. The zero-order chi connectivity index (χ0) is 15.9. The summed E-state index contributed by atoms with van der Waals surface area (Å²) in [6.45, 7) is 8.02. The average Bonchev–Trinajstić information content (AvgIpc) is 3.02. The molecule has 0 radical (unpaired) electrons. The Morgan fingerprint density at radius 2 is 2.09 bits per heavy atom. The molecule has 2 heterocycles. The monoisotopic (exact) mass is 302 g/mol. The standard InChI is InChI=1S/C15H18N4O3/c1-8(12-18-13(19-22-12)15(2,3)4)16-9-5-6-11-10(7-9)17-14(20)21-11/h5-8,16H,1-4H3,(H,17,20)/t8-/m1/s1. The van der Waals surface area contributed by atoms with Crippen molar-refractivity contribution < 1.29 is 8.94 Å². The first-order valence-electron chi connectivity index (χ1n) is 7.06. The van der Waals surface area contributed by atoms with E-state index >= 15 is 0 Å². The number of H-pyrrole nitrogens is 1. The molecule has 0 fully saturated rings. The maximum atomic E-state index is 11.2. The van der Waals surface area contributed by atoms with E-state index in [1.807, 2.05) is 33.8 Å². The lowest BCUT2D eigenvalue weighted by Gasteiger charge is -2.12. The van der Waals surface area contributed by atoms with Crippen LogP contribution >= 0.6 is 0 Å². The number of oxazole rings is 1. The lowest BCUT2D eigenvalue weighted by molar-refractivity contribution is 0.354. The molecule has 1 atom stereocenters. The third kappa shape index (κ3) is 2.74. The van der Waals surface area contributed by atoms with Gasteiger partial charge in [-0.2, -0.15) is 4.98 Å². The normalized spacial score (nSPS) is 13.5. The van der Waals surface area contributed by atoms with Crippen molar-refractivity contribution in [3.05, 3.63) is 40.5 Å². The Morgan fingerprint density at radius 3 is 2.77 bits per heavy atom. The van der Waals surface area contributed by atoms with Gasteiger partial charge < -0.3 is 14.3 Å². The summed E-state index contributed by atoms with van der Waals surface area (Å²) in [5.74, 6) is 0.725. The lowest BCUT2D eigenvalue weighted by Crippen LogP contribution is -2.14. The van der Waals surface area contributed by atoms with Crippen LogP contribution in [0.5, 0.6) is 0 Å². The molecule has 0 saturated carbocycles. The SMILES string of the molecule is C[C@@H](Nc1ccc2oc(=O)[nH]c2c1)c1nc(C(C)(C)C)no1. The van der Waals surface area contributed by atoms with Crippen LogP contribution in [0.3, 0.4) is 0 Å². The highest BCUT2D eigenvalue weighted by molar-refractivity contribution is 5.76. The predicted octanol–water partition coefficient (Wildman–Crippen LogP) is 2.97. The number of benzene rings is 1. The molecule has 2 N–H and O–H groups in total. The van der Waals surface area contributed by atoms with Gasteiger partial charge in [0.05, 0.1) is 5.52 Å². The minimum absolute atomic E-state index is 0.153. The zero-order valence-corrected chi connectivity index (χ0v) is 12.9. The van der Waals surface area contributed by atoms with Crippen LogP contribution in [-0.4, -0.2) is 15.1 Å². The lowest BCUT2D eigenvalue weighted by atomic mass is 9.96. The Kier molecular flexibility index (Phi) is 3.27.